The molecule has 31 heavy (non-hydrogen) atoms. The lowest BCUT2D eigenvalue weighted by atomic mass is 9.84. The zero-order chi connectivity index (χ0) is 21.8. The Morgan fingerprint density at radius 2 is 1.58 bits per heavy atom. The summed E-state index contributed by atoms with van der Waals surface area (Å²) in [4.78, 5) is 30.2. The van der Waals surface area contributed by atoms with Gasteiger partial charge < -0.3 is 9.80 Å². The summed E-state index contributed by atoms with van der Waals surface area (Å²) in [6.45, 7) is 7.20. The van der Waals surface area contributed by atoms with Crippen molar-refractivity contribution in [3.63, 3.8) is 0 Å². The minimum absolute atomic E-state index is 0.0397. The van der Waals surface area contributed by atoms with Crippen molar-refractivity contribution < 1.29 is 9.59 Å². The second kappa shape index (κ2) is 9.67. The summed E-state index contributed by atoms with van der Waals surface area (Å²) in [5.41, 5.74) is 2.36. The molecule has 3 heterocycles. The van der Waals surface area contributed by atoms with Crippen molar-refractivity contribution in [3.8, 4) is 5.69 Å². The van der Waals surface area contributed by atoms with E-state index < -0.39 is 0 Å². The maximum absolute atomic E-state index is 13.2. The first-order chi connectivity index (χ1) is 15.0. The SMILES string of the molecule is Cc1nn(-c2ccccc2)cc1C(=O)N1CCC([C@H](C)C(=O)N2CCCCCC2)CC1. The van der Waals surface area contributed by atoms with Gasteiger partial charge in [0, 0.05) is 38.3 Å². The summed E-state index contributed by atoms with van der Waals surface area (Å²) < 4.78 is 1.78. The third-order valence-corrected chi connectivity index (χ3v) is 6.99. The minimum Gasteiger partial charge on any atom is -0.342 e. The normalized spacial score (nSPS) is 19.2. The van der Waals surface area contributed by atoms with Gasteiger partial charge in [-0.25, -0.2) is 4.68 Å². The smallest absolute Gasteiger partial charge is 0.257 e. The van der Waals surface area contributed by atoms with E-state index in [1.54, 1.807) is 4.68 Å². The van der Waals surface area contributed by atoms with Gasteiger partial charge in [-0.2, -0.15) is 5.10 Å². The Morgan fingerprint density at radius 3 is 2.23 bits per heavy atom. The van der Waals surface area contributed by atoms with Crippen LogP contribution in [-0.4, -0.2) is 57.6 Å². The van der Waals surface area contributed by atoms with E-state index in [2.05, 4.69) is 16.9 Å². The Hall–Kier alpha value is -2.63. The van der Waals surface area contributed by atoms with Crippen LogP contribution in [-0.2, 0) is 4.79 Å². The van der Waals surface area contributed by atoms with Crippen LogP contribution >= 0.6 is 0 Å². The maximum Gasteiger partial charge on any atom is 0.257 e. The van der Waals surface area contributed by atoms with Crippen molar-refractivity contribution in [1.82, 2.24) is 19.6 Å². The molecule has 0 spiro atoms. The van der Waals surface area contributed by atoms with E-state index in [1.807, 2.05) is 48.4 Å². The van der Waals surface area contributed by atoms with Gasteiger partial charge in [-0.3, -0.25) is 9.59 Å². The largest absolute Gasteiger partial charge is 0.342 e. The van der Waals surface area contributed by atoms with Crippen LogP contribution in [0.3, 0.4) is 0 Å². The molecular formula is C25H34N4O2. The van der Waals surface area contributed by atoms with Gasteiger partial charge in [0.1, 0.15) is 0 Å². The highest BCUT2D eigenvalue weighted by Crippen LogP contribution is 2.28. The molecule has 0 bridgehead atoms. The molecule has 2 fully saturated rings. The standard InChI is InChI=1S/C25H34N4O2/c1-19(24(30)27-14-8-3-4-9-15-27)21-12-16-28(17-13-21)25(31)23-18-29(26-20(23)2)22-10-6-5-7-11-22/h5-7,10-11,18-19,21H,3-4,8-9,12-17H2,1-2H3/t19-/m0/s1. The van der Waals surface area contributed by atoms with E-state index in [-0.39, 0.29) is 11.8 Å². The first-order valence-corrected chi connectivity index (χ1v) is 11.7. The fraction of sp³-hybridized carbons (Fsp3) is 0.560. The van der Waals surface area contributed by atoms with Gasteiger partial charge in [-0.15, -0.1) is 0 Å². The van der Waals surface area contributed by atoms with Crippen molar-refractivity contribution in [2.75, 3.05) is 26.2 Å². The molecule has 2 aliphatic rings. The molecule has 2 saturated heterocycles. The highest BCUT2D eigenvalue weighted by molar-refractivity contribution is 5.95. The quantitative estimate of drug-likeness (QED) is 0.746. The predicted molar refractivity (Wildman–Crippen MR) is 121 cm³/mol. The number of amides is 2. The molecule has 0 N–H and O–H groups in total. The number of rotatable bonds is 4. The summed E-state index contributed by atoms with van der Waals surface area (Å²) in [5.74, 6) is 0.752. The van der Waals surface area contributed by atoms with Crippen molar-refractivity contribution in [2.24, 2.45) is 11.8 Å². The van der Waals surface area contributed by atoms with E-state index in [0.717, 1.165) is 50.2 Å². The molecule has 1 aromatic heterocycles. The Labute approximate surface area is 185 Å². The molecule has 6 heteroatoms. The molecule has 0 saturated carbocycles. The van der Waals surface area contributed by atoms with Crippen LogP contribution < -0.4 is 0 Å². The fourth-order valence-electron chi connectivity index (χ4n) is 4.94. The number of carbonyl (C=O) groups excluding carboxylic acids is 2. The average Bonchev–Trinajstić information content (AvgIpc) is 3.01. The summed E-state index contributed by atoms with van der Waals surface area (Å²) in [6, 6.07) is 9.86. The second-order valence-corrected chi connectivity index (χ2v) is 9.07. The van der Waals surface area contributed by atoms with E-state index in [9.17, 15) is 9.59 Å². The number of carbonyl (C=O) groups is 2. The molecule has 4 rings (SSSR count). The zero-order valence-electron chi connectivity index (χ0n) is 18.8. The van der Waals surface area contributed by atoms with Gasteiger partial charge in [-0.1, -0.05) is 38.0 Å². The number of benzene rings is 1. The highest BCUT2D eigenvalue weighted by atomic mass is 16.2. The third-order valence-electron chi connectivity index (χ3n) is 6.99. The zero-order valence-corrected chi connectivity index (χ0v) is 18.8. The summed E-state index contributed by atoms with van der Waals surface area (Å²) in [5, 5.41) is 4.54. The number of aromatic nitrogens is 2. The van der Waals surface area contributed by atoms with Gasteiger partial charge in [-0.05, 0) is 50.7 Å². The lowest BCUT2D eigenvalue weighted by Gasteiger charge is -2.36. The van der Waals surface area contributed by atoms with Crippen molar-refractivity contribution in [2.45, 2.75) is 52.4 Å². The van der Waals surface area contributed by atoms with Crippen LogP contribution in [0.25, 0.3) is 5.69 Å². The summed E-state index contributed by atoms with van der Waals surface area (Å²) in [6.07, 6.45) is 8.34. The second-order valence-electron chi connectivity index (χ2n) is 9.07. The number of para-hydroxylation sites is 1. The van der Waals surface area contributed by atoms with Gasteiger partial charge in [0.05, 0.1) is 16.9 Å². The lowest BCUT2D eigenvalue weighted by molar-refractivity contribution is -0.137. The van der Waals surface area contributed by atoms with Gasteiger partial charge >= 0.3 is 0 Å². The number of hydrogen-bond donors (Lipinski definition) is 0. The van der Waals surface area contributed by atoms with E-state index >= 15 is 0 Å². The fourth-order valence-corrected chi connectivity index (χ4v) is 4.94. The highest BCUT2D eigenvalue weighted by Gasteiger charge is 2.33. The van der Waals surface area contributed by atoms with E-state index in [0.29, 0.717) is 30.5 Å². The Kier molecular flexibility index (Phi) is 6.73. The molecule has 6 nitrogen and oxygen atoms in total. The minimum atomic E-state index is 0.0397. The molecular weight excluding hydrogens is 388 g/mol. The molecule has 0 unspecified atom stereocenters. The van der Waals surface area contributed by atoms with Crippen LogP contribution in [0, 0.1) is 18.8 Å². The molecule has 1 atom stereocenters. The van der Waals surface area contributed by atoms with Gasteiger partial charge in [0.2, 0.25) is 5.91 Å². The molecule has 0 aliphatic carbocycles. The first kappa shape index (κ1) is 21.6. The topological polar surface area (TPSA) is 58.4 Å². The van der Waals surface area contributed by atoms with Gasteiger partial charge in [0.15, 0.2) is 0 Å². The molecule has 0 radical (unpaired) electrons. The summed E-state index contributed by atoms with van der Waals surface area (Å²) >= 11 is 0. The lowest BCUT2D eigenvalue weighted by Crippen LogP contribution is -2.44. The van der Waals surface area contributed by atoms with Crippen LogP contribution in [0.1, 0.15) is 61.5 Å². The number of nitrogens with zero attached hydrogens (tertiary/aromatic N) is 4. The summed E-state index contributed by atoms with van der Waals surface area (Å²) in [7, 11) is 0. The van der Waals surface area contributed by atoms with Crippen LogP contribution in [0.4, 0.5) is 0 Å². The monoisotopic (exact) mass is 422 g/mol. The van der Waals surface area contributed by atoms with Crippen LogP contribution in [0.5, 0.6) is 0 Å². The van der Waals surface area contributed by atoms with Crippen molar-refractivity contribution in [1.29, 1.82) is 0 Å². The predicted octanol–water partition coefficient (Wildman–Crippen LogP) is 4.07. The Bertz CT molecular complexity index is 892. The first-order valence-electron chi connectivity index (χ1n) is 11.7. The average molecular weight is 423 g/mol. The van der Waals surface area contributed by atoms with Crippen LogP contribution in [0.2, 0.25) is 0 Å². The third kappa shape index (κ3) is 4.83. The number of piperidine rings is 1. The van der Waals surface area contributed by atoms with E-state index in [4.69, 9.17) is 0 Å². The maximum atomic E-state index is 13.2. The number of hydrogen-bond acceptors (Lipinski definition) is 3. The van der Waals surface area contributed by atoms with Crippen LogP contribution in [0.15, 0.2) is 36.5 Å². The number of aryl methyl sites for hydroxylation is 1. The number of likely N-dealkylation sites (tertiary alicyclic amines) is 2. The Balaban J connectivity index is 1.36. The molecule has 2 amide bonds. The van der Waals surface area contributed by atoms with E-state index in [1.165, 1.54) is 12.8 Å². The molecule has 1 aromatic carbocycles. The molecule has 166 valence electrons. The van der Waals surface area contributed by atoms with Gasteiger partial charge in [0.25, 0.3) is 5.91 Å². The van der Waals surface area contributed by atoms with Crippen molar-refractivity contribution >= 4 is 11.8 Å². The Morgan fingerprint density at radius 1 is 0.935 bits per heavy atom. The molecule has 2 aromatic rings. The molecule has 2 aliphatic heterocycles. The van der Waals surface area contributed by atoms with Crippen molar-refractivity contribution in [3.05, 3.63) is 47.8 Å².